The van der Waals surface area contributed by atoms with Crippen molar-refractivity contribution in [3.63, 3.8) is 0 Å². The monoisotopic (exact) mass is 275 g/mol. The molecule has 0 saturated heterocycles. The molecule has 1 aromatic carbocycles. The van der Waals surface area contributed by atoms with E-state index in [0.717, 1.165) is 29.2 Å². The smallest absolute Gasteiger partial charge is 0.258 e. The molecule has 1 amide bonds. The van der Waals surface area contributed by atoms with Crippen LogP contribution in [0.2, 0.25) is 0 Å². The fraction of sp³-hybridized carbons (Fsp3) is 0.286. The van der Waals surface area contributed by atoms with Crippen LogP contribution in [0.4, 0.5) is 11.4 Å². The molecule has 4 nitrogen and oxygen atoms in total. The van der Waals surface area contributed by atoms with Gasteiger partial charge in [-0.1, -0.05) is 6.07 Å². The molecule has 2 rings (SSSR count). The molecule has 0 bridgehead atoms. The first-order valence-electron chi connectivity index (χ1n) is 6.18. The van der Waals surface area contributed by atoms with E-state index in [4.69, 9.17) is 0 Å². The van der Waals surface area contributed by atoms with Gasteiger partial charge in [0, 0.05) is 11.9 Å². The first-order chi connectivity index (χ1) is 9.11. The summed E-state index contributed by atoms with van der Waals surface area (Å²) >= 11 is 1.30. The van der Waals surface area contributed by atoms with Crippen LogP contribution in [0, 0.1) is 13.8 Å². The van der Waals surface area contributed by atoms with Crippen LogP contribution in [-0.2, 0) is 0 Å². The van der Waals surface area contributed by atoms with Gasteiger partial charge in [-0.05, 0) is 50.0 Å². The Morgan fingerprint density at radius 3 is 2.74 bits per heavy atom. The van der Waals surface area contributed by atoms with Crippen molar-refractivity contribution in [1.82, 2.24) is 4.37 Å². The Bertz CT molecular complexity index is 592. The van der Waals surface area contributed by atoms with Crippen molar-refractivity contribution in [1.29, 1.82) is 0 Å². The predicted molar refractivity (Wildman–Crippen MR) is 80.1 cm³/mol. The molecule has 0 aliphatic carbocycles. The zero-order chi connectivity index (χ0) is 13.8. The average molecular weight is 275 g/mol. The van der Waals surface area contributed by atoms with Gasteiger partial charge < -0.3 is 10.6 Å². The standard InChI is InChI=1S/C14H17N3OS/c1-4-15-13-7-9(2)5-6-12(13)16-14(18)11-8-19-17-10(11)3/h5-8,15H,4H2,1-3H3,(H,16,18). The number of nitrogens with zero attached hydrogens (tertiary/aromatic N) is 1. The summed E-state index contributed by atoms with van der Waals surface area (Å²) < 4.78 is 4.12. The van der Waals surface area contributed by atoms with E-state index in [0.29, 0.717) is 5.56 Å². The molecule has 2 aromatic rings. The first kappa shape index (κ1) is 13.5. The van der Waals surface area contributed by atoms with Crippen LogP contribution in [0.15, 0.2) is 23.6 Å². The Hall–Kier alpha value is -1.88. The number of aryl methyl sites for hydroxylation is 2. The van der Waals surface area contributed by atoms with E-state index in [-0.39, 0.29) is 5.91 Å². The van der Waals surface area contributed by atoms with Gasteiger partial charge in [0.25, 0.3) is 5.91 Å². The van der Waals surface area contributed by atoms with E-state index in [1.807, 2.05) is 39.0 Å². The van der Waals surface area contributed by atoms with Crippen LogP contribution < -0.4 is 10.6 Å². The molecule has 0 radical (unpaired) electrons. The lowest BCUT2D eigenvalue weighted by Crippen LogP contribution is -2.14. The Labute approximate surface area is 117 Å². The lowest BCUT2D eigenvalue weighted by atomic mass is 10.1. The van der Waals surface area contributed by atoms with Crippen molar-refractivity contribution in [3.8, 4) is 0 Å². The van der Waals surface area contributed by atoms with E-state index in [2.05, 4.69) is 15.0 Å². The van der Waals surface area contributed by atoms with Gasteiger partial charge in [0.2, 0.25) is 0 Å². The second-order valence-electron chi connectivity index (χ2n) is 4.35. The summed E-state index contributed by atoms with van der Waals surface area (Å²) in [6.07, 6.45) is 0. The minimum atomic E-state index is -0.116. The number of hydrogen-bond donors (Lipinski definition) is 2. The number of anilines is 2. The molecule has 0 saturated carbocycles. The average Bonchev–Trinajstić information content (AvgIpc) is 2.79. The molecule has 0 aliphatic heterocycles. The minimum Gasteiger partial charge on any atom is -0.384 e. The van der Waals surface area contributed by atoms with Gasteiger partial charge >= 0.3 is 0 Å². The highest BCUT2D eigenvalue weighted by Crippen LogP contribution is 2.24. The number of rotatable bonds is 4. The lowest BCUT2D eigenvalue weighted by molar-refractivity contribution is 0.102. The van der Waals surface area contributed by atoms with Gasteiger partial charge in [0.15, 0.2) is 0 Å². The number of aromatic nitrogens is 1. The molecule has 19 heavy (non-hydrogen) atoms. The van der Waals surface area contributed by atoms with Crippen molar-refractivity contribution in [2.75, 3.05) is 17.2 Å². The SMILES string of the molecule is CCNc1cc(C)ccc1NC(=O)c1csnc1C. The van der Waals surface area contributed by atoms with E-state index >= 15 is 0 Å². The van der Waals surface area contributed by atoms with Gasteiger partial charge in [-0.15, -0.1) is 0 Å². The molecule has 0 fully saturated rings. The van der Waals surface area contributed by atoms with Crippen LogP contribution >= 0.6 is 11.5 Å². The fourth-order valence-electron chi connectivity index (χ4n) is 1.80. The van der Waals surface area contributed by atoms with Crippen molar-refractivity contribution in [2.24, 2.45) is 0 Å². The van der Waals surface area contributed by atoms with Gasteiger partial charge in [-0.25, -0.2) is 0 Å². The van der Waals surface area contributed by atoms with Crippen molar-refractivity contribution >= 4 is 28.8 Å². The third-order valence-electron chi connectivity index (χ3n) is 2.79. The number of nitrogens with one attached hydrogen (secondary N) is 2. The van der Waals surface area contributed by atoms with E-state index < -0.39 is 0 Å². The second-order valence-corrected chi connectivity index (χ2v) is 4.98. The third-order valence-corrected chi connectivity index (χ3v) is 3.51. The van der Waals surface area contributed by atoms with Gasteiger partial charge in [-0.2, -0.15) is 4.37 Å². The normalized spacial score (nSPS) is 10.3. The highest BCUT2D eigenvalue weighted by molar-refractivity contribution is 7.04. The summed E-state index contributed by atoms with van der Waals surface area (Å²) in [5.41, 5.74) is 4.29. The molecule has 100 valence electrons. The molecular formula is C14H17N3OS. The highest BCUT2D eigenvalue weighted by atomic mass is 32.1. The summed E-state index contributed by atoms with van der Waals surface area (Å²) in [5, 5.41) is 7.96. The number of benzene rings is 1. The predicted octanol–water partition coefficient (Wildman–Crippen LogP) is 3.44. The van der Waals surface area contributed by atoms with E-state index in [1.165, 1.54) is 11.5 Å². The van der Waals surface area contributed by atoms with Crippen LogP contribution in [0.25, 0.3) is 0 Å². The van der Waals surface area contributed by atoms with Crippen LogP contribution in [0.1, 0.15) is 28.5 Å². The Balaban J connectivity index is 2.23. The molecule has 0 unspecified atom stereocenters. The molecule has 0 spiro atoms. The summed E-state index contributed by atoms with van der Waals surface area (Å²) in [5.74, 6) is -0.116. The quantitative estimate of drug-likeness (QED) is 0.898. The molecule has 2 N–H and O–H groups in total. The number of amides is 1. The maximum Gasteiger partial charge on any atom is 0.258 e. The Morgan fingerprint density at radius 1 is 1.32 bits per heavy atom. The molecule has 0 atom stereocenters. The zero-order valence-corrected chi connectivity index (χ0v) is 12.1. The lowest BCUT2D eigenvalue weighted by Gasteiger charge is -2.12. The van der Waals surface area contributed by atoms with Crippen molar-refractivity contribution in [2.45, 2.75) is 20.8 Å². The van der Waals surface area contributed by atoms with E-state index in [1.54, 1.807) is 5.38 Å². The summed E-state index contributed by atoms with van der Waals surface area (Å²) in [6.45, 7) is 6.71. The minimum absolute atomic E-state index is 0.116. The fourth-order valence-corrected chi connectivity index (χ4v) is 2.50. The van der Waals surface area contributed by atoms with Gasteiger partial charge in [0.05, 0.1) is 22.6 Å². The van der Waals surface area contributed by atoms with Gasteiger partial charge in [-0.3, -0.25) is 4.79 Å². The Kier molecular flexibility index (Phi) is 4.16. The second kappa shape index (κ2) is 5.84. The largest absolute Gasteiger partial charge is 0.384 e. The number of carbonyl (C=O) groups excluding carboxylic acids is 1. The maximum absolute atomic E-state index is 12.2. The van der Waals surface area contributed by atoms with Crippen LogP contribution in [0.5, 0.6) is 0 Å². The first-order valence-corrected chi connectivity index (χ1v) is 7.02. The number of hydrogen-bond acceptors (Lipinski definition) is 4. The third kappa shape index (κ3) is 3.12. The Morgan fingerprint density at radius 2 is 2.11 bits per heavy atom. The summed E-state index contributed by atoms with van der Waals surface area (Å²) in [6, 6.07) is 5.92. The van der Waals surface area contributed by atoms with Crippen LogP contribution in [0.3, 0.4) is 0 Å². The topological polar surface area (TPSA) is 54.0 Å². The van der Waals surface area contributed by atoms with Crippen molar-refractivity contribution in [3.05, 3.63) is 40.4 Å². The number of carbonyl (C=O) groups is 1. The van der Waals surface area contributed by atoms with E-state index in [9.17, 15) is 4.79 Å². The molecule has 1 aromatic heterocycles. The zero-order valence-electron chi connectivity index (χ0n) is 11.3. The molecule has 1 heterocycles. The molecule has 0 aliphatic rings. The molecular weight excluding hydrogens is 258 g/mol. The molecule has 5 heteroatoms. The van der Waals surface area contributed by atoms with Crippen LogP contribution in [-0.4, -0.2) is 16.8 Å². The highest BCUT2D eigenvalue weighted by Gasteiger charge is 2.13. The summed E-state index contributed by atoms with van der Waals surface area (Å²) in [4.78, 5) is 12.2. The maximum atomic E-state index is 12.2. The summed E-state index contributed by atoms with van der Waals surface area (Å²) in [7, 11) is 0. The van der Waals surface area contributed by atoms with Crippen molar-refractivity contribution < 1.29 is 4.79 Å². The van der Waals surface area contributed by atoms with Gasteiger partial charge in [0.1, 0.15) is 0 Å².